The van der Waals surface area contributed by atoms with Crippen molar-refractivity contribution < 1.29 is 15.3 Å². The van der Waals surface area contributed by atoms with Crippen LogP contribution in [-0.4, -0.2) is 15.3 Å². The Labute approximate surface area is 214 Å². The lowest BCUT2D eigenvalue weighted by molar-refractivity contribution is 0.465. The van der Waals surface area contributed by atoms with Gasteiger partial charge in [-0.3, -0.25) is 0 Å². The van der Waals surface area contributed by atoms with Crippen LogP contribution in [0.3, 0.4) is 0 Å². The molecule has 0 amide bonds. The fourth-order valence-electron chi connectivity index (χ4n) is 5.60. The summed E-state index contributed by atoms with van der Waals surface area (Å²) < 4.78 is 0. The van der Waals surface area contributed by atoms with E-state index >= 15 is 0 Å². The van der Waals surface area contributed by atoms with Crippen LogP contribution in [0.25, 0.3) is 0 Å². The Morgan fingerprint density at radius 1 is 0.500 bits per heavy atom. The van der Waals surface area contributed by atoms with Crippen LogP contribution in [0.4, 0.5) is 0 Å². The van der Waals surface area contributed by atoms with Crippen molar-refractivity contribution in [3.05, 3.63) is 122 Å². The monoisotopic (exact) mass is 480 g/mol. The average Bonchev–Trinajstić information content (AvgIpc) is 2.83. The minimum Gasteiger partial charge on any atom is -0.508 e. The molecule has 0 bridgehead atoms. The van der Waals surface area contributed by atoms with Crippen LogP contribution in [0.5, 0.6) is 17.2 Å². The summed E-state index contributed by atoms with van der Waals surface area (Å²) in [5.74, 6) is 0.848. The summed E-state index contributed by atoms with van der Waals surface area (Å²) in [4.78, 5) is 0. The summed E-state index contributed by atoms with van der Waals surface area (Å²) in [5, 5.41) is 31.6. The molecule has 0 unspecified atom stereocenters. The molecule has 36 heavy (non-hydrogen) atoms. The molecule has 0 atom stereocenters. The Bertz CT molecular complexity index is 1280. The number of hydrogen-bond donors (Lipinski definition) is 3. The molecule has 3 heteroatoms. The quantitative estimate of drug-likeness (QED) is 0.249. The number of benzene rings is 4. The average molecular weight is 481 g/mol. The van der Waals surface area contributed by atoms with Crippen LogP contribution >= 0.6 is 0 Å². The molecule has 0 saturated carbocycles. The number of rotatable bonds is 6. The van der Waals surface area contributed by atoms with Gasteiger partial charge in [-0.05, 0) is 128 Å². The predicted octanol–water partition coefficient (Wildman–Crippen LogP) is 7.62. The predicted molar refractivity (Wildman–Crippen MR) is 147 cm³/mol. The fraction of sp³-hybridized carbons (Fsp3) is 0.273. The minimum absolute atomic E-state index is 0.283. The Hall–Kier alpha value is -3.72. The lowest BCUT2D eigenvalue weighted by Crippen LogP contribution is -2.33. The van der Waals surface area contributed by atoms with E-state index in [1.165, 1.54) is 5.56 Å². The highest BCUT2D eigenvalue weighted by atomic mass is 16.3. The molecule has 0 fully saturated rings. The van der Waals surface area contributed by atoms with E-state index in [0.29, 0.717) is 0 Å². The Balaban J connectivity index is 2.15. The Morgan fingerprint density at radius 2 is 0.861 bits per heavy atom. The third-order valence-electron chi connectivity index (χ3n) is 7.64. The molecule has 0 aliphatic carbocycles. The van der Waals surface area contributed by atoms with Gasteiger partial charge in [0.15, 0.2) is 0 Å². The number of aromatic hydroxyl groups is 3. The van der Waals surface area contributed by atoms with Crippen molar-refractivity contribution in [1.29, 1.82) is 0 Å². The zero-order valence-electron chi connectivity index (χ0n) is 22.1. The molecule has 4 rings (SSSR count). The summed E-state index contributed by atoms with van der Waals surface area (Å²) in [6.07, 6.45) is 1.61. The van der Waals surface area contributed by atoms with Gasteiger partial charge in [0.2, 0.25) is 0 Å². The SMILES string of the molecule is Cc1cc(C(CCc2ccccc2)(c2cc(C)c(O)cc2C)c2cc(C)c(O)cc2C)c(C)cc1O. The van der Waals surface area contributed by atoms with Crippen molar-refractivity contribution in [2.45, 2.75) is 59.8 Å². The van der Waals surface area contributed by atoms with Gasteiger partial charge in [-0.2, -0.15) is 0 Å². The molecular formula is C33H36O3. The number of aryl methyl sites for hydroxylation is 7. The first-order valence-corrected chi connectivity index (χ1v) is 12.5. The highest BCUT2D eigenvalue weighted by molar-refractivity contribution is 5.62. The van der Waals surface area contributed by atoms with Gasteiger partial charge in [-0.15, -0.1) is 0 Å². The van der Waals surface area contributed by atoms with E-state index in [1.54, 1.807) is 0 Å². The smallest absolute Gasteiger partial charge is 0.118 e. The lowest BCUT2D eigenvalue weighted by atomic mass is 9.62. The van der Waals surface area contributed by atoms with E-state index in [2.05, 4.69) is 63.2 Å². The van der Waals surface area contributed by atoms with Crippen molar-refractivity contribution in [3.8, 4) is 17.2 Å². The second kappa shape index (κ2) is 9.73. The van der Waals surface area contributed by atoms with Crippen LogP contribution in [-0.2, 0) is 11.8 Å². The molecule has 0 aromatic heterocycles. The molecule has 0 aliphatic rings. The summed E-state index contributed by atoms with van der Waals surface area (Å²) in [7, 11) is 0. The maximum atomic E-state index is 10.5. The summed E-state index contributed by atoms with van der Waals surface area (Å²) >= 11 is 0. The van der Waals surface area contributed by atoms with Crippen molar-refractivity contribution in [2.24, 2.45) is 0 Å². The Kier molecular flexibility index (Phi) is 6.86. The standard InChI is InChI=1S/C33H36O3/c1-20-17-30(34)23(4)14-27(20)33(13-12-26-10-8-7-9-11-26,28-15-24(5)31(35)18-21(28)2)29-16-25(6)32(36)19-22(29)3/h7-11,14-19,34-36H,12-13H2,1-6H3. The summed E-state index contributed by atoms with van der Waals surface area (Å²) in [6.45, 7) is 12.0. The minimum atomic E-state index is -0.580. The molecule has 0 spiro atoms. The van der Waals surface area contributed by atoms with Gasteiger partial charge in [0.25, 0.3) is 0 Å². The third kappa shape index (κ3) is 4.46. The lowest BCUT2D eigenvalue weighted by Gasteiger charge is -2.40. The highest BCUT2D eigenvalue weighted by Crippen LogP contribution is 2.49. The second-order valence-electron chi connectivity index (χ2n) is 10.3. The van der Waals surface area contributed by atoms with Gasteiger partial charge in [0.1, 0.15) is 17.2 Å². The topological polar surface area (TPSA) is 60.7 Å². The third-order valence-corrected chi connectivity index (χ3v) is 7.64. The zero-order chi connectivity index (χ0) is 26.2. The van der Waals surface area contributed by atoms with Gasteiger partial charge < -0.3 is 15.3 Å². The van der Waals surface area contributed by atoms with E-state index in [0.717, 1.165) is 62.9 Å². The van der Waals surface area contributed by atoms with Crippen LogP contribution in [0, 0.1) is 41.5 Å². The van der Waals surface area contributed by atoms with E-state index < -0.39 is 5.41 Å². The molecule has 3 nitrogen and oxygen atoms in total. The van der Waals surface area contributed by atoms with Crippen LogP contribution < -0.4 is 0 Å². The highest BCUT2D eigenvalue weighted by Gasteiger charge is 2.40. The number of phenolic OH excluding ortho intramolecular Hbond substituents is 3. The Morgan fingerprint density at radius 3 is 1.22 bits per heavy atom. The second-order valence-corrected chi connectivity index (χ2v) is 10.3. The molecule has 3 N–H and O–H groups in total. The molecule has 0 saturated heterocycles. The van der Waals surface area contributed by atoms with Crippen molar-refractivity contribution in [2.75, 3.05) is 0 Å². The maximum absolute atomic E-state index is 10.5. The van der Waals surface area contributed by atoms with Crippen LogP contribution in [0.15, 0.2) is 66.7 Å². The molecule has 0 radical (unpaired) electrons. The van der Waals surface area contributed by atoms with E-state index in [1.807, 2.05) is 45.0 Å². The first kappa shape index (κ1) is 25.4. The van der Waals surface area contributed by atoms with Crippen molar-refractivity contribution in [3.63, 3.8) is 0 Å². The molecule has 0 aliphatic heterocycles. The normalized spacial score (nSPS) is 11.6. The molecule has 186 valence electrons. The molecule has 4 aromatic carbocycles. The summed E-state index contributed by atoms with van der Waals surface area (Å²) in [6, 6.07) is 22.4. The van der Waals surface area contributed by atoms with Crippen molar-refractivity contribution >= 4 is 0 Å². The number of hydrogen-bond acceptors (Lipinski definition) is 3. The van der Waals surface area contributed by atoms with Gasteiger partial charge in [0.05, 0.1) is 0 Å². The van der Waals surface area contributed by atoms with E-state index in [4.69, 9.17) is 0 Å². The van der Waals surface area contributed by atoms with Crippen molar-refractivity contribution in [1.82, 2.24) is 0 Å². The van der Waals surface area contributed by atoms with Crippen LogP contribution in [0.1, 0.15) is 62.1 Å². The number of phenols is 3. The fourth-order valence-corrected chi connectivity index (χ4v) is 5.60. The summed E-state index contributed by atoms with van der Waals surface area (Å²) in [5.41, 5.74) is 9.49. The van der Waals surface area contributed by atoms with E-state index in [-0.39, 0.29) is 17.2 Å². The largest absolute Gasteiger partial charge is 0.508 e. The zero-order valence-corrected chi connectivity index (χ0v) is 22.1. The van der Waals surface area contributed by atoms with Gasteiger partial charge in [-0.1, -0.05) is 48.5 Å². The maximum Gasteiger partial charge on any atom is 0.118 e. The first-order chi connectivity index (χ1) is 17.0. The molecule has 4 aromatic rings. The van der Waals surface area contributed by atoms with E-state index in [9.17, 15) is 15.3 Å². The van der Waals surface area contributed by atoms with Gasteiger partial charge in [0, 0.05) is 5.41 Å². The molecule has 0 heterocycles. The van der Waals surface area contributed by atoms with Gasteiger partial charge in [-0.25, -0.2) is 0 Å². The van der Waals surface area contributed by atoms with Gasteiger partial charge >= 0.3 is 0 Å². The molecular weight excluding hydrogens is 444 g/mol. The first-order valence-electron chi connectivity index (χ1n) is 12.5. The van der Waals surface area contributed by atoms with Crippen LogP contribution in [0.2, 0.25) is 0 Å².